The van der Waals surface area contributed by atoms with E-state index in [-0.39, 0.29) is 0 Å². The van der Waals surface area contributed by atoms with Crippen molar-refractivity contribution in [3.63, 3.8) is 0 Å². The van der Waals surface area contributed by atoms with Crippen LogP contribution in [0, 0.1) is 0 Å². The standard InChI is InChI=1S/C10H15NO/c1-3-11(4-2)9-5-7-10(12)8-6-9/h5-8,12H,3-4H2,1-2H3. The molecule has 0 saturated heterocycles. The first-order valence-electron chi connectivity index (χ1n) is 4.32. The number of aromatic hydroxyl groups is 1. The van der Waals surface area contributed by atoms with Crippen LogP contribution in [0.5, 0.6) is 5.75 Å². The predicted molar refractivity (Wildman–Crippen MR) is 51.7 cm³/mol. The molecule has 0 spiro atoms. The minimum Gasteiger partial charge on any atom is -0.508 e. The number of phenols is 1. The largest absolute Gasteiger partial charge is 0.508 e. The second kappa shape index (κ2) is 4.00. The zero-order chi connectivity index (χ0) is 8.97. The fourth-order valence-electron chi connectivity index (χ4n) is 1.25. The van der Waals surface area contributed by atoms with Gasteiger partial charge in [0.1, 0.15) is 5.75 Å². The summed E-state index contributed by atoms with van der Waals surface area (Å²) in [7, 11) is 0. The van der Waals surface area contributed by atoms with Gasteiger partial charge in [-0.05, 0) is 38.1 Å². The smallest absolute Gasteiger partial charge is 0.115 e. The van der Waals surface area contributed by atoms with Crippen LogP contribution in [0.25, 0.3) is 0 Å². The van der Waals surface area contributed by atoms with Crippen LogP contribution >= 0.6 is 0 Å². The summed E-state index contributed by atoms with van der Waals surface area (Å²) in [5.74, 6) is 0.325. The van der Waals surface area contributed by atoms with Crippen LogP contribution < -0.4 is 4.90 Å². The van der Waals surface area contributed by atoms with Gasteiger partial charge in [0.25, 0.3) is 0 Å². The highest BCUT2D eigenvalue weighted by molar-refractivity contribution is 5.48. The summed E-state index contributed by atoms with van der Waals surface area (Å²) in [5, 5.41) is 9.07. The van der Waals surface area contributed by atoms with Crippen LogP contribution in [0.15, 0.2) is 24.3 Å². The zero-order valence-electron chi connectivity index (χ0n) is 7.62. The third-order valence-electron chi connectivity index (χ3n) is 1.98. The molecule has 0 aliphatic rings. The molecular formula is C10H15NO. The molecule has 0 heterocycles. The molecule has 2 heteroatoms. The number of hydrogen-bond donors (Lipinski definition) is 1. The first-order chi connectivity index (χ1) is 5.77. The van der Waals surface area contributed by atoms with Gasteiger partial charge in [-0.25, -0.2) is 0 Å². The highest BCUT2D eigenvalue weighted by Crippen LogP contribution is 2.17. The zero-order valence-corrected chi connectivity index (χ0v) is 7.62. The Morgan fingerprint density at radius 3 is 2.00 bits per heavy atom. The predicted octanol–water partition coefficient (Wildman–Crippen LogP) is 2.24. The molecule has 0 unspecified atom stereocenters. The normalized spacial score (nSPS) is 9.83. The summed E-state index contributed by atoms with van der Waals surface area (Å²) in [6.07, 6.45) is 0. The van der Waals surface area contributed by atoms with E-state index in [9.17, 15) is 0 Å². The molecule has 0 atom stereocenters. The van der Waals surface area contributed by atoms with E-state index in [1.807, 2.05) is 12.1 Å². The Kier molecular flexibility index (Phi) is 2.97. The quantitative estimate of drug-likeness (QED) is 0.742. The summed E-state index contributed by atoms with van der Waals surface area (Å²) in [6.45, 7) is 6.25. The number of hydrogen-bond acceptors (Lipinski definition) is 2. The number of nitrogens with zero attached hydrogens (tertiary/aromatic N) is 1. The van der Waals surface area contributed by atoms with Gasteiger partial charge in [-0.3, -0.25) is 0 Å². The van der Waals surface area contributed by atoms with Crippen molar-refractivity contribution in [1.82, 2.24) is 0 Å². The molecule has 0 radical (unpaired) electrons. The Morgan fingerprint density at radius 1 is 1.08 bits per heavy atom. The molecule has 1 aromatic rings. The third-order valence-corrected chi connectivity index (χ3v) is 1.98. The Morgan fingerprint density at radius 2 is 1.58 bits per heavy atom. The van der Waals surface area contributed by atoms with E-state index in [0.29, 0.717) is 5.75 Å². The van der Waals surface area contributed by atoms with Gasteiger partial charge in [0.2, 0.25) is 0 Å². The Hall–Kier alpha value is -1.18. The summed E-state index contributed by atoms with van der Waals surface area (Å²) < 4.78 is 0. The van der Waals surface area contributed by atoms with Gasteiger partial charge in [-0.2, -0.15) is 0 Å². The van der Waals surface area contributed by atoms with Crippen molar-refractivity contribution >= 4 is 5.69 Å². The Bertz CT molecular complexity index is 226. The van der Waals surface area contributed by atoms with Crippen LogP contribution in [0.1, 0.15) is 13.8 Å². The lowest BCUT2D eigenvalue weighted by atomic mass is 10.2. The first kappa shape index (κ1) is 8.91. The Labute approximate surface area is 73.4 Å². The minimum absolute atomic E-state index is 0.325. The second-order valence-corrected chi connectivity index (χ2v) is 2.69. The topological polar surface area (TPSA) is 23.5 Å². The van der Waals surface area contributed by atoms with Crippen LogP contribution in [0.4, 0.5) is 5.69 Å². The van der Waals surface area contributed by atoms with Gasteiger partial charge in [0.05, 0.1) is 0 Å². The molecule has 0 aliphatic carbocycles. The third kappa shape index (κ3) is 1.91. The molecular weight excluding hydrogens is 150 g/mol. The van der Waals surface area contributed by atoms with Gasteiger partial charge in [0, 0.05) is 18.8 Å². The van der Waals surface area contributed by atoms with Gasteiger partial charge in [-0.1, -0.05) is 0 Å². The van der Waals surface area contributed by atoms with Crippen LogP contribution in [0.2, 0.25) is 0 Å². The fraction of sp³-hybridized carbons (Fsp3) is 0.400. The van der Waals surface area contributed by atoms with E-state index in [0.717, 1.165) is 18.8 Å². The first-order valence-corrected chi connectivity index (χ1v) is 4.32. The van der Waals surface area contributed by atoms with Crippen LogP contribution in [-0.4, -0.2) is 18.2 Å². The van der Waals surface area contributed by atoms with Crippen molar-refractivity contribution in [1.29, 1.82) is 0 Å². The van der Waals surface area contributed by atoms with E-state index in [1.54, 1.807) is 12.1 Å². The number of rotatable bonds is 3. The number of phenolic OH excluding ortho intramolecular Hbond substituents is 1. The highest BCUT2D eigenvalue weighted by Gasteiger charge is 1.99. The van der Waals surface area contributed by atoms with Crippen LogP contribution in [-0.2, 0) is 0 Å². The van der Waals surface area contributed by atoms with E-state index < -0.39 is 0 Å². The molecule has 0 aromatic heterocycles. The maximum Gasteiger partial charge on any atom is 0.115 e. The molecule has 2 nitrogen and oxygen atoms in total. The molecule has 1 rings (SSSR count). The van der Waals surface area contributed by atoms with Crippen molar-refractivity contribution in [2.45, 2.75) is 13.8 Å². The Balaban J connectivity index is 2.80. The van der Waals surface area contributed by atoms with Crippen molar-refractivity contribution in [2.75, 3.05) is 18.0 Å². The fourth-order valence-corrected chi connectivity index (χ4v) is 1.25. The number of benzene rings is 1. The maximum atomic E-state index is 9.07. The summed E-state index contributed by atoms with van der Waals surface area (Å²) in [5.41, 5.74) is 1.16. The molecule has 66 valence electrons. The molecule has 1 aromatic carbocycles. The highest BCUT2D eigenvalue weighted by atomic mass is 16.3. The molecule has 0 aliphatic heterocycles. The van der Waals surface area contributed by atoms with Crippen molar-refractivity contribution in [3.8, 4) is 5.75 Å². The molecule has 1 N–H and O–H groups in total. The summed E-state index contributed by atoms with van der Waals surface area (Å²) >= 11 is 0. The summed E-state index contributed by atoms with van der Waals surface area (Å²) in [4.78, 5) is 2.24. The lowest BCUT2D eigenvalue weighted by Gasteiger charge is -2.20. The van der Waals surface area contributed by atoms with Gasteiger partial charge >= 0.3 is 0 Å². The van der Waals surface area contributed by atoms with Gasteiger partial charge in [0.15, 0.2) is 0 Å². The summed E-state index contributed by atoms with van der Waals surface area (Å²) in [6, 6.07) is 7.30. The van der Waals surface area contributed by atoms with Crippen LogP contribution in [0.3, 0.4) is 0 Å². The lowest BCUT2D eigenvalue weighted by molar-refractivity contribution is 0.475. The SMILES string of the molecule is CCN(CC)c1ccc(O)cc1. The minimum atomic E-state index is 0.325. The lowest BCUT2D eigenvalue weighted by Crippen LogP contribution is -2.21. The molecule has 12 heavy (non-hydrogen) atoms. The monoisotopic (exact) mass is 165 g/mol. The number of anilines is 1. The van der Waals surface area contributed by atoms with E-state index >= 15 is 0 Å². The molecule has 0 saturated carbocycles. The van der Waals surface area contributed by atoms with E-state index in [1.165, 1.54) is 0 Å². The van der Waals surface area contributed by atoms with E-state index in [4.69, 9.17) is 5.11 Å². The van der Waals surface area contributed by atoms with E-state index in [2.05, 4.69) is 18.7 Å². The molecule has 0 bridgehead atoms. The van der Waals surface area contributed by atoms with Crippen molar-refractivity contribution in [3.05, 3.63) is 24.3 Å². The molecule has 0 amide bonds. The van der Waals surface area contributed by atoms with Gasteiger partial charge < -0.3 is 10.0 Å². The van der Waals surface area contributed by atoms with Gasteiger partial charge in [-0.15, -0.1) is 0 Å². The van der Waals surface area contributed by atoms with Crippen molar-refractivity contribution < 1.29 is 5.11 Å². The molecule has 0 fully saturated rings. The maximum absolute atomic E-state index is 9.07. The average Bonchev–Trinajstić information content (AvgIpc) is 2.10. The average molecular weight is 165 g/mol. The van der Waals surface area contributed by atoms with Crippen molar-refractivity contribution in [2.24, 2.45) is 0 Å². The second-order valence-electron chi connectivity index (χ2n) is 2.69.